The molecule has 0 unspecified atom stereocenters. The van der Waals surface area contributed by atoms with Crippen molar-refractivity contribution in [2.24, 2.45) is 21.1 Å². The van der Waals surface area contributed by atoms with Crippen LogP contribution in [0.3, 0.4) is 0 Å². The number of rotatable bonds is 15. The maximum absolute atomic E-state index is 8.55. The maximum atomic E-state index is 8.55. The van der Waals surface area contributed by atoms with Gasteiger partial charge >= 0.3 is 0 Å². The summed E-state index contributed by atoms with van der Waals surface area (Å²) in [5.41, 5.74) is 0. The molecule has 0 aliphatic rings. The van der Waals surface area contributed by atoms with Gasteiger partial charge in [0.1, 0.15) is 37.2 Å². The standard InChI is InChI=1S/3C10H19N2.H3O4P/c3*1-3-4-5-6-7-12-9-8-11(2)10-12;1-5(2,3)4/h3*8-10H,3-7H2,1-2H3;(H3,1,2,3,4)/q3*+1;/p-3. The van der Waals surface area contributed by atoms with Crippen LogP contribution in [0.4, 0.5) is 0 Å². The van der Waals surface area contributed by atoms with E-state index in [0.717, 1.165) is 0 Å². The van der Waals surface area contributed by atoms with Gasteiger partial charge in [-0.15, -0.1) is 0 Å². The predicted octanol–water partition coefficient (Wildman–Crippen LogP) is 2.85. The molecule has 0 spiro atoms. The van der Waals surface area contributed by atoms with E-state index < -0.39 is 7.82 Å². The number of hydrogen-bond donors (Lipinski definition) is 0. The third-order valence-corrected chi connectivity index (χ3v) is 6.28. The van der Waals surface area contributed by atoms with Crippen LogP contribution in [-0.4, -0.2) is 13.7 Å². The second-order valence-corrected chi connectivity index (χ2v) is 11.5. The Bertz CT molecular complexity index is 920. The van der Waals surface area contributed by atoms with Crippen molar-refractivity contribution in [2.45, 2.75) is 117 Å². The van der Waals surface area contributed by atoms with Gasteiger partial charge in [0, 0.05) is 0 Å². The predicted molar refractivity (Wildman–Crippen MR) is 157 cm³/mol. The molecule has 0 fully saturated rings. The fraction of sp³-hybridized carbons (Fsp3) is 0.700. The second-order valence-electron chi connectivity index (χ2n) is 10.6. The van der Waals surface area contributed by atoms with Crippen molar-refractivity contribution in [1.82, 2.24) is 13.7 Å². The number of hydrogen-bond acceptors (Lipinski definition) is 4. The van der Waals surface area contributed by atoms with Gasteiger partial charge in [-0.25, -0.2) is 27.4 Å². The van der Waals surface area contributed by atoms with Crippen LogP contribution in [0.5, 0.6) is 0 Å². The van der Waals surface area contributed by atoms with Crippen molar-refractivity contribution < 1.29 is 32.9 Å². The first kappa shape index (κ1) is 38.7. The molecule has 236 valence electrons. The first-order valence-electron chi connectivity index (χ1n) is 15.2. The minimum absolute atomic E-state index is 1.17. The molecule has 0 aromatic carbocycles. The average molecular weight is 597 g/mol. The van der Waals surface area contributed by atoms with E-state index in [4.69, 9.17) is 19.2 Å². The molecule has 0 amide bonds. The van der Waals surface area contributed by atoms with Gasteiger partial charge in [0.05, 0.1) is 40.8 Å². The molecule has 0 N–H and O–H groups in total. The number of nitrogens with zero attached hydrogens (tertiary/aromatic N) is 6. The van der Waals surface area contributed by atoms with Crippen LogP contribution >= 0.6 is 7.82 Å². The van der Waals surface area contributed by atoms with Crippen molar-refractivity contribution in [2.75, 3.05) is 0 Å². The van der Waals surface area contributed by atoms with E-state index >= 15 is 0 Å². The molecule has 3 rings (SSSR count). The van der Waals surface area contributed by atoms with Gasteiger partial charge < -0.3 is 19.2 Å². The van der Waals surface area contributed by atoms with Crippen LogP contribution < -0.4 is 28.4 Å². The number of aromatic nitrogens is 6. The lowest BCUT2D eigenvalue weighted by Gasteiger charge is -2.36. The summed E-state index contributed by atoms with van der Waals surface area (Å²) in [4.78, 5) is 25.6. The third kappa shape index (κ3) is 26.4. The number of aryl methyl sites for hydroxylation is 6. The zero-order chi connectivity index (χ0) is 30.9. The van der Waals surface area contributed by atoms with Gasteiger partial charge in [-0.05, 0) is 38.5 Å². The molecule has 0 radical (unpaired) electrons. The van der Waals surface area contributed by atoms with Crippen molar-refractivity contribution in [1.29, 1.82) is 0 Å². The number of phosphoric acid groups is 1. The normalized spacial score (nSPS) is 10.7. The van der Waals surface area contributed by atoms with Crippen LogP contribution in [0.15, 0.2) is 56.2 Å². The highest BCUT2D eigenvalue weighted by molar-refractivity contribution is 7.40. The molecule has 0 atom stereocenters. The monoisotopic (exact) mass is 596 g/mol. The van der Waals surface area contributed by atoms with E-state index in [1.165, 1.54) is 96.7 Å². The number of imidazole rings is 3. The lowest BCUT2D eigenvalue weighted by molar-refractivity contribution is -0.697. The molecule has 3 aromatic heterocycles. The SMILES string of the molecule is CCCCCC[n+]1ccn(C)c1.CCCCCC[n+]1ccn(C)c1.CCCCCC[n+]1ccn(C)c1.O=P([O-])([O-])[O-]. The first-order valence-corrected chi connectivity index (χ1v) is 16.7. The molecule has 0 saturated carbocycles. The fourth-order valence-corrected chi connectivity index (χ4v) is 4.07. The van der Waals surface area contributed by atoms with Crippen molar-refractivity contribution in [3.05, 3.63) is 56.2 Å². The third-order valence-electron chi connectivity index (χ3n) is 6.28. The highest BCUT2D eigenvalue weighted by Gasteiger charge is 2.00. The summed E-state index contributed by atoms with van der Waals surface area (Å²) in [6, 6.07) is 0. The first-order chi connectivity index (χ1) is 19.5. The zero-order valence-electron chi connectivity index (χ0n) is 26.6. The largest absolute Gasteiger partial charge is 0.822 e. The molecule has 10 nitrogen and oxygen atoms in total. The zero-order valence-corrected chi connectivity index (χ0v) is 27.5. The van der Waals surface area contributed by atoms with Crippen molar-refractivity contribution in [3.63, 3.8) is 0 Å². The Kier molecular flexibility index (Phi) is 23.0. The van der Waals surface area contributed by atoms with Crippen LogP contribution in [-0.2, 0) is 45.3 Å². The molecular formula is C30H57N6O4P. The Morgan fingerprint density at radius 3 is 0.927 bits per heavy atom. The Hall–Kier alpha value is -2.26. The highest BCUT2D eigenvalue weighted by atomic mass is 31.2. The van der Waals surface area contributed by atoms with Crippen LogP contribution in [0, 0.1) is 0 Å². The average Bonchev–Trinajstić information content (AvgIpc) is 3.64. The Morgan fingerprint density at radius 1 is 0.512 bits per heavy atom. The summed E-state index contributed by atoms with van der Waals surface area (Å²) in [7, 11) is 0.785. The molecule has 3 aromatic rings. The van der Waals surface area contributed by atoms with Gasteiger partial charge in [-0.1, -0.05) is 59.3 Å². The fourth-order valence-electron chi connectivity index (χ4n) is 4.07. The summed E-state index contributed by atoms with van der Waals surface area (Å²) in [5, 5.41) is 0. The quantitative estimate of drug-likeness (QED) is 0.153. The molecule has 0 saturated heterocycles. The lowest BCUT2D eigenvalue weighted by atomic mass is 10.2. The van der Waals surface area contributed by atoms with Gasteiger partial charge in [0.25, 0.3) is 0 Å². The van der Waals surface area contributed by atoms with Gasteiger partial charge in [0.2, 0.25) is 19.0 Å². The summed E-state index contributed by atoms with van der Waals surface area (Å²) < 4.78 is 21.5. The Labute approximate surface area is 249 Å². The molecule has 0 aliphatic carbocycles. The summed E-state index contributed by atoms with van der Waals surface area (Å²) in [6.45, 7) is 10.2. The van der Waals surface area contributed by atoms with E-state index in [1.807, 2.05) is 0 Å². The molecular weight excluding hydrogens is 539 g/mol. The minimum atomic E-state index is -5.39. The summed E-state index contributed by atoms with van der Waals surface area (Å²) in [5.74, 6) is 0. The minimum Gasteiger partial charge on any atom is -0.822 e. The van der Waals surface area contributed by atoms with Crippen LogP contribution in [0.1, 0.15) is 97.8 Å². The number of unbranched alkanes of at least 4 members (excludes halogenated alkanes) is 9. The summed E-state index contributed by atoms with van der Waals surface area (Å²) >= 11 is 0. The second kappa shape index (κ2) is 24.3. The van der Waals surface area contributed by atoms with Crippen LogP contribution in [0.2, 0.25) is 0 Å². The smallest absolute Gasteiger partial charge is 0.243 e. The Balaban J connectivity index is 0.000000541. The van der Waals surface area contributed by atoms with Gasteiger partial charge in [-0.3, -0.25) is 0 Å². The van der Waals surface area contributed by atoms with Crippen molar-refractivity contribution >= 4 is 7.82 Å². The molecule has 0 bridgehead atoms. The van der Waals surface area contributed by atoms with E-state index in [9.17, 15) is 0 Å². The van der Waals surface area contributed by atoms with Gasteiger partial charge in [-0.2, -0.15) is 7.82 Å². The van der Waals surface area contributed by atoms with E-state index in [0.29, 0.717) is 0 Å². The topological polar surface area (TPSA) is 113 Å². The summed E-state index contributed by atoms with van der Waals surface area (Å²) in [6.07, 6.45) is 35.1. The molecule has 3 heterocycles. The maximum Gasteiger partial charge on any atom is 0.243 e. The van der Waals surface area contributed by atoms with Crippen LogP contribution in [0.25, 0.3) is 0 Å². The molecule has 11 heteroatoms. The highest BCUT2D eigenvalue weighted by Crippen LogP contribution is 2.03. The van der Waals surface area contributed by atoms with E-state index in [-0.39, 0.29) is 0 Å². The van der Waals surface area contributed by atoms with E-state index in [1.54, 1.807) is 0 Å². The lowest BCUT2D eigenvalue weighted by Crippen LogP contribution is -2.30. The molecule has 0 aliphatic heterocycles. The van der Waals surface area contributed by atoms with Crippen molar-refractivity contribution in [3.8, 4) is 0 Å². The van der Waals surface area contributed by atoms with Gasteiger partial charge in [0.15, 0.2) is 0 Å². The molecule has 41 heavy (non-hydrogen) atoms. The van der Waals surface area contributed by atoms with E-state index in [2.05, 4.69) is 125 Å². The Morgan fingerprint density at radius 2 is 0.756 bits per heavy atom.